The summed E-state index contributed by atoms with van der Waals surface area (Å²) in [5, 5.41) is 21.2. The maximum absolute atomic E-state index is 9.52. The number of nitrogens with one attached hydrogen (secondary N) is 1. The highest BCUT2D eigenvalue weighted by atomic mass is 15.2. The Labute approximate surface area is 147 Å². The van der Waals surface area contributed by atoms with Crippen molar-refractivity contribution in [1.82, 2.24) is 19.7 Å². The Kier molecular flexibility index (Phi) is 5.05. The van der Waals surface area contributed by atoms with Crippen LogP contribution in [0.4, 0.5) is 5.82 Å². The van der Waals surface area contributed by atoms with Gasteiger partial charge in [-0.2, -0.15) is 10.4 Å². The normalized spacial score (nSPS) is 10.4. The number of benzene rings is 1. The fourth-order valence-electron chi connectivity index (χ4n) is 2.80. The van der Waals surface area contributed by atoms with Crippen molar-refractivity contribution in [2.75, 3.05) is 5.32 Å². The first-order valence-electron chi connectivity index (χ1n) is 8.36. The lowest BCUT2D eigenvalue weighted by Crippen LogP contribution is -2.10. The maximum Gasteiger partial charge on any atom is 0.167 e. The molecule has 0 fully saturated rings. The molecule has 1 N–H and O–H groups in total. The Bertz CT molecular complexity index is 876. The van der Waals surface area contributed by atoms with E-state index < -0.39 is 0 Å². The fraction of sp³-hybridized carbons (Fsp3) is 0.263. The molecule has 3 rings (SSSR count). The lowest BCUT2D eigenvalue weighted by Gasteiger charge is -2.12. The van der Waals surface area contributed by atoms with Crippen molar-refractivity contribution in [1.29, 1.82) is 5.26 Å². The Morgan fingerprint density at radius 2 is 1.92 bits per heavy atom. The average Bonchev–Trinajstić information content (AvgIpc) is 3.20. The number of aromatic nitrogens is 4. The van der Waals surface area contributed by atoms with E-state index in [1.165, 1.54) is 0 Å². The molecule has 0 spiro atoms. The fourth-order valence-corrected chi connectivity index (χ4v) is 2.80. The van der Waals surface area contributed by atoms with Crippen LogP contribution in [0.5, 0.6) is 0 Å². The van der Waals surface area contributed by atoms with Crippen molar-refractivity contribution in [2.45, 2.75) is 33.2 Å². The van der Waals surface area contributed by atoms with Gasteiger partial charge in [0, 0.05) is 24.6 Å². The van der Waals surface area contributed by atoms with E-state index in [-0.39, 0.29) is 0 Å². The van der Waals surface area contributed by atoms with Crippen molar-refractivity contribution < 1.29 is 0 Å². The van der Waals surface area contributed by atoms with E-state index in [4.69, 9.17) is 0 Å². The summed E-state index contributed by atoms with van der Waals surface area (Å²) in [5.41, 5.74) is 4.64. The van der Waals surface area contributed by atoms with Gasteiger partial charge in [0.15, 0.2) is 5.82 Å². The number of imidazole rings is 1. The second-order valence-electron chi connectivity index (χ2n) is 5.66. The molecule has 1 aromatic carbocycles. The first-order chi connectivity index (χ1) is 12.3. The molecule has 2 heterocycles. The van der Waals surface area contributed by atoms with Gasteiger partial charge in [-0.05, 0) is 36.1 Å². The average molecular weight is 332 g/mol. The van der Waals surface area contributed by atoms with Crippen molar-refractivity contribution in [3.8, 4) is 11.8 Å². The van der Waals surface area contributed by atoms with Gasteiger partial charge in [0.2, 0.25) is 0 Å². The van der Waals surface area contributed by atoms with Crippen LogP contribution in [0.3, 0.4) is 0 Å². The van der Waals surface area contributed by atoms with Crippen LogP contribution in [0.15, 0.2) is 43.0 Å². The highest BCUT2D eigenvalue weighted by Crippen LogP contribution is 2.20. The van der Waals surface area contributed by atoms with Crippen LogP contribution in [-0.2, 0) is 19.4 Å². The van der Waals surface area contributed by atoms with Gasteiger partial charge in [0.05, 0.1) is 12.0 Å². The molecule has 0 aliphatic rings. The van der Waals surface area contributed by atoms with Crippen LogP contribution in [0.2, 0.25) is 0 Å². The zero-order chi connectivity index (χ0) is 17.6. The molecule has 0 amide bonds. The molecule has 0 atom stereocenters. The zero-order valence-electron chi connectivity index (χ0n) is 14.4. The van der Waals surface area contributed by atoms with Gasteiger partial charge in [-0.15, -0.1) is 5.10 Å². The molecule has 25 heavy (non-hydrogen) atoms. The molecule has 126 valence electrons. The van der Waals surface area contributed by atoms with Crippen LogP contribution in [0, 0.1) is 11.3 Å². The van der Waals surface area contributed by atoms with Gasteiger partial charge in [-0.1, -0.05) is 26.0 Å². The van der Waals surface area contributed by atoms with E-state index in [2.05, 4.69) is 26.6 Å². The predicted octanol–water partition coefficient (Wildman–Crippen LogP) is 3.27. The first kappa shape index (κ1) is 16.7. The lowest BCUT2D eigenvalue weighted by molar-refractivity contribution is 0.869. The van der Waals surface area contributed by atoms with Gasteiger partial charge < -0.3 is 9.88 Å². The minimum absolute atomic E-state index is 0.551. The van der Waals surface area contributed by atoms with E-state index in [0.29, 0.717) is 17.9 Å². The largest absolute Gasteiger partial charge is 0.363 e. The monoisotopic (exact) mass is 332 g/mol. The standard InChI is InChI=1S/C19H20N6/c1-3-16-17(11-20)19(24-23-18(16)4-2)22-12-14-5-7-15(8-6-14)25-10-9-21-13-25/h5-10,13H,3-4,12H2,1-2H3,(H,22,24). The molecule has 3 aromatic rings. The smallest absolute Gasteiger partial charge is 0.167 e. The van der Waals surface area contributed by atoms with E-state index in [1.54, 1.807) is 12.5 Å². The summed E-state index contributed by atoms with van der Waals surface area (Å²) in [6.45, 7) is 4.65. The van der Waals surface area contributed by atoms with Crippen LogP contribution >= 0.6 is 0 Å². The highest BCUT2D eigenvalue weighted by molar-refractivity contribution is 5.56. The molecule has 0 bridgehead atoms. The number of nitriles is 1. The number of nitrogens with zero attached hydrogens (tertiary/aromatic N) is 5. The van der Waals surface area contributed by atoms with Crippen LogP contribution < -0.4 is 5.32 Å². The third-order valence-corrected chi connectivity index (χ3v) is 4.16. The van der Waals surface area contributed by atoms with Gasteiger partial charge in [0.1, 0.15) is 11.6 Å². The van der Waals surface area contributed by atoms with E-state index in [0.717, 1.165) is 35.3 Å². The van der Waals surface area contributed by atoms with Crippen molar-refractivity contribution in [3.05, 3.63) is 65.4 Å². The summed E-state index contributed by atoms with van der Waals surface area (Å²) in [4.78, 5) is 4.05. The molecule has 0 saturated carbocycles. The topological polar surface area (TPSA) is 79.4 Å². The molecule has 0 aliphatic heterocycles. The van der Waals surface area contributed by atoms with Gasteiger partial charge >= 0.3 is 0 Å². The van der Waals surface area contributed by atoms with Crippen molar-refractivity contribution in [3.63, 3.8) is 0 Å². The van der Waals surface area contributed by atoms with Gasteiger partial charge in [0.25, 0.3) is 0 Å². The summed E-state index contributed by atoms with van der Waals surface area (Å²) in [6.07, 6.45) is 6.98. The van der Waals surface area contributed by atoms with Crippen LogP contribution in [0.1, 0.15) is 36.2 Å². The first-order valence-corrected chi connectivity index (χ1v) is 8.36. The molecule has 0 saturated heterocycles. The summed E-state index contributed by atoms with van der Waals surface area (Å²) in [6, 6.07) is 10.4. The van der Waals surface area contributed by atoms with Crippen LogP contribution in [0.25, 0.3) is 5.69 Å². The second-order valence-corrected chi connectivity index (χ2v) is 5.66. The summed E-state index contributed by atoms with van der Waals surface area (Å²) >= 11 is 0. The van der Waals surface area contributed by atoms with Gasteiger partial charge in [-0.3, -0.25) is 0 Å². The highest BCUT2D eigenvalue weighted by Gasteiger charge is 2.13. The van der Waals surface area contributed by atoms with E-state index in [9.17, 15) is 5.26 Å². The van der Waals surface area contributed by atoms with Crippen LogP contribution in [-0.4, -0.2) is 19.7 Å². The second kappa shape index (κ2) is 7.58. The molecular formula is C19H20N6. The van der Waals surface area contributed by atoms with Gasteiger partial charge in [-0.25, -0.2) is 4.98 Å². The third kappa shape index (κ3) is 3.50. The Morgan fingerprint density at radius 3 is 2.52 bits per heavy atom. The van der Waals surface area contributed by atoms with E-state index >= 15 is 0 Å². The molecule has 0 aliphatic carbocycles. The molecule has 6 heteroatoms. The van der Waals surface area contributed by atoms with Crippen molar-refractivity contribution in [2.24, 2.45) is 0 Å². The molecule has 0 radical (unpaired) electrons. The molecule has 2 aromatic heterocycles. The number of aryl methyl sites for hydroxylation is 1. The SMILES string of the molecule is CCc1nnc(NCc2ccc(-n3ccnc3)cc2)c(C#N)c1CC. The maximum atomic E-state index is 9.52. The predicted molar refractivity (Wildman–Crippen MR) is 96.4 cm³/mol. The number of rotatable bonds is 6. The lowest BCUT2D eigenvalue weighted by atomic mass is 10.0. The Hall–Kier alpha value is -3.20. The summed E-state index contributed by atoms with van der Waals surface area (Å²) in [7, 11) is 0. The molecule has 0 unspecified atom stereocenters. The minimum atomic E-state index is 0.551. The Balaban J connectivity index is 1.76. The summed E-state index contributed by atoms with van der Waals surface area (Å²) in [5.74, 6) is 0.551. The van der Waals surface area contributed by atoms with E-state index in [1.807, 2.05) is 48.9 Å². The Morgan fingerprint density at radius 1 is 1.12 bits per heavy atom. The minimum Gasteiger partial charge on any atom is -0.363 e. The zero-order valence-corrected chi connectivity index (χ0v) is 14.4. The van der Waals surface area contributed by atoms with Crippen molar-refractivity contribution >= 4 is 5.82 Å². The molecular weight excluding hydrogens is 312 g/mol. The number of anilines is 1. The quantitative estimate of drug-likeness (QED) is 0.749. The number of hydrogen-bond acceptors (Lipinski definition) is 5. The molecule has 6 nitrogen and oxygen atoms in total. The third-order valence-electron chi connectivity index (χ3n) is 4.16. The summed E-state index contributed by atoms with van der Waals surface area (Å²) < 4.78 is 1.95. The number of hydrogen-bond donors (Lipinski definition) is 1.